The van der Waals surface area contributed by atoms with Crippen LogP contribution in [-0.2, 0) is 4.79 Å². The molecule has 2 heteroatoms. The predicted octanol–water partition coefficient (Wildman–Crippen LogP) is 4.17. The highest BCUT2D eigenvalue weighted by Crippen LogP contribution is 2.32. The van der Waals surface area contributed by atoms with Crippen LogP contribution in [0.4, 0.5) is 0 Å². The van der Waals surface area contributed by atoms with Gasteiger partial charge in [-0.3, -0.25) is 4.79 Å². The molecule has 0 radical (unpaired) electrons. The molecule has 0 saturated carbocycles. The quantitative estimate of drug-likeness (QED) is 0.593. The number of carbonyl (C=O) groups is 1. The van der Waals surface area contributed by atoms with Crippen LogP contribution in [-0.4, -0.2) is 17.0 Å². The van der Waals surface area contributed by atoms with Crippen molar-refractivity contribution in [3.05, 3.63) is 11.1 Å². The van der Waals surface area contributed by atoms with Gasteiger partial charge in [-0.15, -0.1) is 0 Å². The van der Waals surface area contributed by atoms with Crippen molar-refractivity contribution in [2.45, 2.75) is 84.2 Å². The van der Waals surface area contributed by atoms with Gasteiger partial charge in [-0.25, -0.2) is 0 Å². The molecule has 0 amide bonds. The highest BCUT2D eigenvalue weighted by Gasteiger charge is 2.35. The normalized spacial score (nSPS) is 19.3. The molecule has 0 bridgehead atoms. The molecule has 0 aromatic heterocycles. The maximum atomic E-state index is 11.6. The summed E-state index contributed by atoms with van der Waals surface area (Å²) in [5.41, 5.74) is 2.00. The second-order valence-corrected chi connectivity index (χ2v) is 5.39. The van der Waals surface area contributed by atoms with E-state index in [0.29, 0.717) is 0 Å². The fourth-order valence-corrected chi connectivity index (χ4v) is 2.61. The number of hydrogen-bond donors (Lipinski definition) is 1. The second-order valence-electron chi connectivity index (χ2n) is 5.39. The van der Waals surface area contributed by atoms with Crippen molar-refractivity contribution in [2.24, 2.45) is 0 Å². The van der Waals surface area contributed by atoms with E-state index in [0.717, 1.165) is 36.8 Å². The van der Waals surface area contributed by atoms with Gasteiger partial charge in [-0.05, 0) is 31.3 Å². The number of ketones is 1. The molecule has 0 fully saturated rings. The van der Waals surface area contributed by atoms with E-state index in [2.05, 4.69) is 13.8 Å². The highest BCUT2D eigenvalue weighted by molar-refractivity contribution is 6.08. The molecule has 1 rings (SSSR count). The van der Waals surface area contributed by atoms with Gasteiger partial charge in [-0.2, -0.15) is 0 Å². The Kier molecular flexibility index (Phi) is 7.26. The zero-order valence-electron chi connectivity index (χ0n) is 12.0. The zero-order chi connectivity index (χ0) is 13.4. The number of aliphatic hydroxyl groups excluding tert-OH is 1. The van der Waals surface area contributed by atoms with E-state index in [-0.39, 0.29) is 5.78 Å². The smallest absolute Gasteiger partial charge is 0.191 e. The fourth-order valence-electron chi connectivity index (χ4n) is 2.61. The Morgan fingerprint density at radius 3 is 2.00 bits per heavy atom. The summed E-state index contributed by atoms with van der Waals surface area (Å²) in [4.78, 5) is 11.6. The van der Waals surface area contributed by atoms with Crippen molar-refractivity contribution in [3.8, 4) is 0 Å². The minimum absolute atomic E-state index is 0.00279. The molecule has 1 unspecified atom stereocenters. The maximum absolute atomic E-state index is 11.6. The minimum atomic E-state index is -0.757. The van der Waals surface area contributed by atoms with E-state index in [4.69, 9.17) is 0 Å². The summed E-state index contributed by atoms with van der Waals surface area (Å²) in [6.07, 6.45) is 10.6. The van der Waals surface area contributed by atoms with Crippen molar-refractivity contribution in [2.75, 3.05) is 0 Å². The molecule has 0 aromatic carbocycles. The van der Waals surface area contributed by atoms with Crippen molar-refractivity contribution in [1.82, 2.24) is 0 Å². The molecule has 0 aromatic rings. The van der Waals surface area contributed by atoms with Gasteiger partial charge in [0.15, 0.2) is 5.78 Å². The monoisotopic (exact) mass is 252 g/mol. The molecule has 104 valence electrons. The Labute approximate surface area is 111 Å². The lowest BCUT2D eigenvalue weighted by atomic mass is 9.78. The van der Waals surface area contributed by atoms with Crippen molar-refractivity contribution in [1.29, 1.82) is 0 Å². The fraction of sp³-hybridized carbons (Fsp3) is 0.812. The van der Waals surface area contributed by atoms with Gasteiger partial charge in [-0.1, -0.05) is 52.4 Å². The molecule has 1 N–H and O–H groups in total. The van der Waals surface area contributed by atoms with Crippen LogP contribution >= 0.6 is 0 Å². The molecule has 0 saturated heterocycles. The topological polar surface area (TPSA) is 37.3 Å². The van der Waals surface area contributed by atoms with E-state index < -0.39 is 6.10 Å². The van der Waals surface area contributed by atoms with E-state index in [1.165, 1.54) is 38.5 Å². The first kappa shape index (κ1) is 15.4. The highest BCUT2D eigenvalue weighted by atomic mass is 16.3. The summed E-state index contributed by atoms with van der Waals surface area (Å²) in [7, 11) is 0. The SMILES string of the molecule is CCCCCCC1=C(CCCCCC)C(O)C1=O. The van der Waals surface area contributed by atoms with E-state index in [1.54, 1.807) is 0 Å². The molecule has 0 spiro atoms. The number of unbranched alkanes of at least 4 members (excludes halogenated alkanes) is 6. The van der Waals surface area contributed by atoms with Crippen LogP contribution in [0.3, 0.4) is 0 Å². The second kappa shape index (κ2) is 8.47. The van der Waals surface area contributed by atoms with Gasteiger partial charge in [0.1, 0.15) is 6.10 Å². The van der Waals surface area contributed by atoms with Crippen LogP contribution in [0.2, 0.25) is 0 Å². The van der Waals surface area contributed by atoms with Crippen molar-refractivity contribution in [3.63, 3.8) is 0 Å². The molecule has 1 aliphatic rings. The molecule has 2 nitrogen and oxygen atoms in total. The minimum Gasteiger partial charge on any atom is -0.380 e. The molecule has 1 aliphatic carbocycles. The van der Waals surface area contributed by atoms with Gasteiger partial charge in [0.2, 0.25) is 0 Å². The Morgan fingerprint density at radius 1 is 0.889 bits per heavy atom. The average molecular weight is 252 g/mol. The van der Waals surface area contributed by atoms with Crippen LogP contribution < -0.4 is 0 Å². The lowest BCUT2D eigenvalue weighted by Gasteiger charge is -2.28. The summed E-state index contributed by atoms with van der Waals surface area (Å²) >= 11 is 0. The first-order valence-electron chi connectivity index (χ1n) is 7.66. The standard InChI is InChI=1S/C16H28O2/c1-3-5-7-9-11-13-14(16(18)15(13)17)12-10-8-6-4-2/h15,17H,3-12H2,1-2H3. The molecular formula is C16H28O2. The van der Waals surface area contributed by atoms with Crippen molar-refractivity contribution < 1.29 is 9.90 Å². The van der Waals surface area contributed by atoms with Crippen LogP contribution in [0.25, 0.3) is 0 Å². The third kappa shape index (κ3) is 4.24. The van der Waals surface area contributed by atoms with Gasteiger partial charge in [0, 0.05) is 5.57 Å². The Hall–Kier alpha value is -0.630. The predicted molar refractivity (Wildman–Crippen MR) is 75.6 cm³/mol. The molecule has 18 heavy (non-hydrogen) atoms. The summed E-state index contributed by atoms with van der Waals surface area (Å²) in [5, 5.41) is 9.70. The van der Waals surface area contributed by atoms with E-state index in [1.807, 2.05) is 0 Å². The number of aliphatic hydroxyl groups is 1. The van der Waals surface area contributed by atoms with Gasteiger partial charge in [0.25, 0.3) is 0 Å². The van der Waals surface area contributed by atoms with Gasteiger partial charge >= 0.3 is 0 Å². The van der Waals surface area contributed by atoms with E-state index in [9.17, 15) is 9.90 Å². The molecule has 0 heterocycles. The maximum Gasteiger partial charge on any atom is 0.191 e. The van der Waals surface area contributed by atoms with Crippen LogP contribution in [0, 0.1) is 0 Å². The Bertz CT molecular complexity index is 291. The first-order chi connectivity index (χ1) is 8.72. The summed E-state index contributed by atoms with van der Waals surface area (Å²) in [5.74, 6) is -0.00279. The van der Waals surface area contributed by atoms with Gasteiger partial charge < -0.3 is 5.11 Å². The summed E-state index contributed by atoms with van der Waals surface area (Å²) < 4.78 is 0. The number of Topliss-reactive ketones (excluding diaryl/α,β-unsaturated/α-hetero) is 1. The lowest BCUT2D eigenvalue weighted by Crippen LogP contribution is -2.36. The van der Waals surface area contributed by atoms with Crippen LogP contribution in [0.1, 0.15) is 78.1 Å². The van der Waals surface area contributed by atoms with Crippen molar-refractivity contribution >= 4 is 5.78 Å². The summed E-state index contributed by atoms with van der Waals surface area (Å²) in [6, 6.07) is 0. The third-order valence-corrected chi connectivity index (χ3v) is 3.84. The number of carbonyl (C=O) groups excluding carboxylic acids is 1. The zero-order valence-corrected chi connectivity index (χ0v) is 12.0. The number of hydrogen-bond acceptors (Lipinski definition) is 2. The van der Waals surface area contributed by atoms with Gasteiger partial charge in [0.05, 0.1) is 0 Å². The Balaban J connectivity index is 2.34. The number of rotatable bonds is 10. The largest absolute Gasteiger partial charge is 0.380 e. The molecular weight excluding hydrogens is 224 g/mol. The third-order valence-electron chi connectivity index (χ3n) is 3.84. The van der Waals surface area contributed by atoms with E-state index >= 15 is 0 Å². The van der Waals surface area contributed by atoms with Crippen LogP contribution in [0.15, 0.2) is 11.1 Å². The molecule has 1 atom stereocenters. The molecule has 0 aliphatic heterocycles. The lowest BCUT2D eigenvalue weighted by molar-refractivity contribution is -0.124. The first-order valence-corrected chi connectivity index (χ1v) is 7.66. The Morgan fingerprint density at radius 2 is 1.44 bits per heavy atom. The van der Waals surface area contributed by atoms with Crippen LogP contribution in [0.5, 0.6) is 0 Å². The average Bonchev–Trinajstić information content (AvgIpc) is 2.39. The summed E-state index contributed by atoms with van der Waals surface area (Å²) in [6.45, 7) is 4.39.